The first kappa shape index (κ1) is 10.4. The lowest BCUT2D eigenvalue weighted by Crippen LogP contribution is -2.39. The number of hydrogen-bond acceptors (Lipinski definition) is 2. The molecule has 0 aromatic carbocycles. The van der Waals surface area contributed by atoms with Gasteiger partial charge in [0.05, 0.1) is 6.10 Å². The standard InChI is InChI=1S/C12H23NO/c1-13(9-12(14)10-7-8-10)11-5-3-2-4-6-11/h10-12,14H,2-9H2,1H3/t12-/m0/s1. The summed E-state index contributed by atoms with van der Waals surface area (Å²) < 4.78 is 0. The van der Waals surface area contributed by atoms with Gasteiger partial charge in [-0.05, 0) is 38.6 Å². The van der Waals surface area contributed by atoms with E-state index in [2.05, 4.69) is 11.9 Å². The quantitative estimate of drug-likeness (QED) is 0.745. The minimum Gasteiger partial charge on any atom is -0.392 e. The highest BCUT2D eigenvalue weighted by Gasteiger charge is 2.31. The predicted molar refractivity (Wildman–Crippen MR) is 58.2 cm³/mol. The molecule has 2 heteroatoms. The van der Waals surface area contributed by atoms with Gasteiger partial charge in [-0.25, -0.2) is 0 Å². The summed E-state index contributed by atoms with van der Waals surface area (Å²) in [5, 5.41) is 9.85. The van der Waals surface area contributed by atoms with Crippen LogP contribution in [0, 0.1) is 5.92 Å². The lowest BCUT2D eigenvalue weighted by atomic mass is 9.94. The molecule has 1 atom stereocenters. The van der Waals surface area contributed by atoms with Crippen LogP contribution in [-0.2, 0) is 0 Å². The molecule has 0 unspecified atom stereocenters. The van der Waals surface area contributed by atoms with Gasteiger partial charge in [-0.1, -0.05) is 19.3 Å². The molecule has 0 aromatic heterocycles. The van der Waals surface area contributed by atoms with Crippen molar-refractivity contribution in [2.75, 3.05) is 13.6 Å². The van der Waals surface area contributed by atoms with Crippen molar-refractivity contribution in [1.29, 1.82) is 0 Å². The summed E-state index contributed by atoms with van der Waals surface area (Å²) in [5.74, 6) is 0.626. The second kappa shape index (κ2) is 4.63. The Morgan fingerprint density at radius 1 is 1.14 bits per heavy atom. The first-order valence-corrected chi connectivity index (χ1v) is 6.15. The van der Waals surface area contributed by atoms with E-state index >= 15 is 0 Å². The van der Waals surface area contributed by atoms with Crippen molar-refractivity contribution in [2.45, 2.75) is 57.1 Å². The number of hydrogen-bond donors (Lipinski definition) is 1. The van der Waals surface area contributed by atoms with Crippen LogP contribution >= 0.6 is 0 Å². The molecule has 0 aromatic rings. The van der Waals surface area contributed by atoms with Crippen molar-refractivity contribution in [1.82, 2.24) is 4.90 Å². The van der Waals surface area contributed by atoms with Crippen molar-refractivity contribution >= 4 is 0 Å². The van der Waals surface area contributed by atoms with Crippen LogP contribution in [0.4, 0.5) is 0 Å². The van der Waals surface area contributed by atoms with Crippen molar-refractivity contribution in [3.05, 3.63) is 0 Å². The molecular formula is C12H23NO. The molecular weight excluding hydrogens is 174 g/mol. The summed E-state index contributed by atoms with van der Waals surface area (Å²) in [5.41, 5.74) is 0. The lowest BCUT2D eigenvalue weighted by Gasteiger charge is -2.32. The van der Waals surface area contributed by atoms with Crippen LogP contribution < -0.4 is 0 Å². The summed E-state index contributed by atoms with van der Waals surface area (Å²) in [6.45, 7) is 0.898. The first-order chi connectivity index (χ1) is 6.77. The average Bonchev–Trinajstić information content (AvgIpc) is 3.02. The van der Waals surface area contributed by atoms with Crippen molar-refractivity contribution in [2.24, 2.45) is 5.92 Å². The molecule has 0 radical (unpaired) electrons. The third-order valence-corrected chi connectivity index (χ3v) is 3.84. The molecule has 2 rings (SSSR count). The van der Waals surface area contributed by atoms with Crippen LogP contribution in [0.5, 0.6) is 0 Å². The fourth-order valence-electron chi connectivity index (χ4n) is 2.60. The summed E-state index contributed by atoms with van der Waals surface area (Å²) in [7, 11) is 2.18. The molecule has 0 amide bonds. The lowest BCUT2D eigenvalue weighted by molar-refractivity contribution is 0.0774. The Morgan fingerprint density at radius 3 is 2.36 bits per heavy atom. The Hall–Kier alpha value is -0.0800. The molecule has 82 valence electrons. The van der Waals surface area contributed by atoms with Gasteiger partial charge in [-0.2, -0.15) is 0 Å². The van der Waals surface area contributed by atoms with Gasteiger partial charge < -0.3 is 10.0 Å². The Balaban J connectivity index is 1.72. The largest absolute Gasteiger partial charge is 0.392 e. The van der Waals surface area contributed by atoms with Crippen LogP contribution in [0.1, 0.15) is 44.9 Å². The second-order valence-electron chi connectivity index (χ2n) is 5.14. The zero-order valence-electron chi connectivity index (χ0n) is 9.28. The molecule has 2 aliphatic rings. The summed E-state index contributed by atoms with van der Waals surface area (Å²) in [6.07, 6.45) is 9.31. The Morgan fingerprint density at radius 2 is 1.79 bits per heavy atom. The molecule has 0 aliphatic heterocycles. The fraction of sp³-hybridized carbons (Fsp3) is 1.00. The zero-order valence-corrected chi connectivity index (χ0v) is 9.28. The van der Waals surface area contributed by atoms with Crippen LogP contribution in [-0.4, -0.2) is 35.7 Å². The van der Waals surface area contributed by atoms with Crippen molar-refractivity contribution in [3.63, 3.8) is 0 Å². The summed E-state index contributed by atoms with van der Waals surface area (Å²) in [4.78, 5) is 2.39. The molecule has 0 spiro atoms. The van der Waals surface area contributed by atoms with Gasteiger partial charge >= 0.3 is 0 Å². The van der Waals surface area contributed by atoms with Gasteiger partial charge in [0.2, 0.25) is 0 Å². The van der Waals surface area contributed by atoms with E-state index in [-0.39, 0.29) is 6.10 Å². The smallest absolute Gasteiger partial charge is 0.0695 e. The SMILES string of the molecule is CN(C[C@H](O)C1CC1)C1CCCCC1. The molecule has 2 fully saturated rings. The van der Waals surface area contributed by atoms with Gasteiger partial charge in [-0.15, -0.1) is 0 Å². The number of aliphatic hydroxyl groups is 1. The maximum Gasteiger partial charge on any atom is 0.0695 e. The van der Waals surface area contributed by atoms with Crippen molar-refractivity contribution in [3.8, 4) is 0 Å². The normalized spacial score (nSPS) is 26.8. The molecule has 14 heavy (non-hydrogen) atoms. The highest BCUT2D eigenvalue weighted by atomic mass is 16.3. The first-order valence-electron chi connectivity index (χ1n) is 6.15. The van der Waals surface area contributed by atoms with E-state index in [0.717, 1.165) is 12.6 Å². The van der Waals surface area contributed by atoms with E-state index in [4.69, 9.17) is 0 Å². The maximum absolute atomic E-state index is 9.85. The third-order valence-electron chi connectivity index (χ3n) is 3.84. The highest BCUT2D eigenvalue weighted by Crippen LogP contribution is 2.33. The molecule has 0 bridgehead atoms. The van der Waals surface area contributed by atoms with Crippen LogP contribution in [0.2, 0.25) is 0 Å². The fourth-order valence-corrected chi connectivity index (χ4v) is 2.60. The van der Waals surface area contributed by atoms with E-state index in [9.17, 15) is 5.11 Å². The average molecular weight is 197 g/mol. The summed E-state index contributed by atoms with van der Waals surface area (Å²) >= 11 is 0. The predicted octanol–water partition coefficient (Wildman–Crippen LogP) is 2.02. The summed E-state index contributed by atoms with van der Waals surface area (Å²) in [6, 6.07) is 0.747. The van der Waals surface area contributed by atoms with Crippen LogP contribution in [0.15, 0.2) is 0 Å². The molecule has 2 saturated carbocycles. The molecule has 0 saturated heterocycles. The van der Waals surface area contributed by atoms with E-state index in [0.29, 0.717) is 5.92 Å². The number of aliphatic hydroxyl groups excluding tert-OH is 1. The Labute approximate surface area is 87.3 Å². The molecule has 1 N–H and O–H groups in total. The number of nitrogens with zero attached hydrogens (tertiary/aromatic N) is 1. The molecule has 0 heterocycles. The zero-order chi connectivity index (χ0) is 9.97. The van der Waals surface area contributed by atoms with Gasteiger partial charge in [-0.3, -0.25) is 0 Å². The van der Waals surface area contributed by atoms with Gasteiger partial charge in [0.15, 0.2) is 0 Å². The molecule has 2 aliphatic carbocycles. The maximum atomic E-state index is 9.85. The Kier molecular flexibility index (Phi) is 3.45. The van der Waals surface area contributed by atoms with E-state index < -0.39 is 0 Å². The van der Waals surface area contributed by atoms with Crippen LogP contribution in [0.25, 0.3) is 0 Å². The van der Waals surface area contributed by atoms with Gasteiger partial charge in [0.25, 0.3) is 0 Å². The van der Waals surface area contributed by atoms with E-state index in [1.165, 1.54) is 44.9 Å². The van der Waals surface area contributed by atoms with E-state index in [1.807, 2.05) is 0 Å². The molecule has 2 nitrogen and oxygen atoms in total. The monoisotopic (exact) mass is 197 g/mol. The minimum atomic E-state index is -0.0538. The van der Waals surface area contributed by atoms with Gasteiger partial charge in [0.1, 0.15) is 0 Å². The minimum absolute atomic E-state index is 0.0538. The third kappa shape index (κ3) is 2.71. The van der Waals surface area contributed by atoms with Gasteiger partial charge in [0, 0.05) is 12.6 Å². The van der Waals surface area contributed by atoms with Crippen molar-refractivity contribution < 1.29 is 5.11 Å². The second-order valence-corrected chi connectivity index (χ2v) is 5.14. The Bertz CT molecular complexity index is 173. The van der Waals surface area contributed by atoms with E-state index in [1.54, 1.807) is 0 Å². The topological polar surface area (TPSA) is 23.5 Å². The highest BCUT2D eigenvalue weighted by molar-refractivity contribution is 4.84. The van der Waals surface area contributed by atoms with Crippen LogP contribution in [0.3, 0.4) is 0 Å². The number of likely N-dealkylation sites (N-methyl/N-ethyl adjacent to an activating group) is 1. The number of rotatable bonds is 4.